The van der Waals surface area contributed by atoms with E-state index in [2.05, 4.69) is 4.98 Å². The normalized spacial score (nSPS) is 12.1. The number of carbonyl (C=O) groups excluding carboxylic acids is 1. The minimum absolute atomic E-state index is 0.0125. The monoisotopic (exact) mass is 318 g/mol. The first kappa shape index (κ1) is 16.6. The van der Waals surface area contributed by atoms with E-state index in [-0.39, 0.29) is 5.91 Å². The van der Waals surface area contributed by atoms with Crippen LogP contribution in [0.1, 0.15) is 30.0 Å². The number of amides is 1. The van der Waals surface area contributed by atoms with Crippen molar-refractivity contribution >= 4 is 17.2 Å². The molecule has 1 aromatic heterocycles. The minimum atomic E-state index is -0.429. The molecule has 0 aliphatic heterocycles. The third-order valence-corrected chi connectivity index (χ3v) is 4.39. The quantitative estimate of drug-likeness (QED) is 0.786. The molecule has 1 aromatic carbocycles. The number of rotatable bonds is 7. The summed E-state index contributed by atoms with van der Waals surface area (Å²) in [6, 6.07) is 10.0. The van der Waals surface area contributed by atoms with Crippen LogP contribution in [-0.2, 0) is 22.6 Å². The molecular weight excluding hydrogens is 296 g/mol. The molecule has 0 saturated carbocycles. The number of nitrogens with zero attached hydrogens (tertiary/aromatic N) is 2. The van der Waals surface area contributed by atoms with Gasteiger partial charge in [-0.2, -0.15) is 0 Å². The van der Waals surface area contributed by atoms with E-state index in [0.717, 1.165) is 16.1 Å². The molecule has 4 nitrogen and oxygen atoms in total. The van der Waals surface area contributed by atoms with Crippen LogP contribution in [0.2, 0.25) is 0 Å². The molecule has 1 atom stereocenters. The number of ether oxygens (including phenoxy) is 1. The first-order valence-corrected chi connectivity index (χ1v) is 8.33. The Morgan fingerprint density at radius 1 is 1.32 bits per heavy atom. The summed E-state index contributed by atoms with van der Waals surface area (Å²) in [4.78, 5) is 19.9. The molecule has 0 aliphatic rings. The van der Waals surface area contributed by atoms with Crippen LogP contribution in [-0.4, -0.2) is 28.5 Å². The Morgan fingerprint density at radius 2 is 2.05 bits per heavy atom. The largest absolute Gasteiger partial charge is 0.369 e. The predicted octanol–water partition coefficient (Wildman–Crippen LogP) is 3.41. The molecule has 0 radical (unpaired) electrons. The van der Waals surface area contributed by atoms with E-state index in [1.807, 2.05) is 61.5 Å². The van der Waals surface area contributed by atoms with Crippen molar-refractivity contribution in [2.45, 2.75) is 40.0 Å². The molecule has 2 aromatic rings. The molecule has 118 valence electrons. The summed E-state index contributed by atoms with van der Waals surface area (Å²) in [5.74, 6) is 0.0125. The van der Waals surface area contributed by atoms with Crippen molar-refractivity contribution in [3.8, 4) is 0 Å². The van der Waals surface area contributed by atoms with Gasteiger partial charge in [0, 0.05) is 18.0 Å². The van der Waals surface area contributed by atoms with Crippen LogP contribution in [0.3, 0.4) is 0 Å². The predicted molar refractivity (Wildman–Crippen MR) is 88.6 cm³/mol. The van der Waals surface area contributed by atoms with Crippen molar-refractivity contribution in [2.24, 2.45) is 0 Å². The van der Waals surface area contributed by atoms with Crippen LogP contribution in [0.25, 0.3) is 0 Å². The van der Waals surface area contributed by atoms with Gasteiger partial charge >= 0.3 is 0 Å². The van der Waals surface area contributed by atoms with Crippen LogP contribution < -0.4 is 0 Å². The van der Waals surface area contributed by atoms with Crippen molar-refractivity contribution in [3.05, 3.63) is 52.0 Å². The number of aryl methyl sites for hydroxylation is 1. The molecular formula is C17H22N2O2S. The third-order valence-electron chi connectivity index (χ3n) is 3.47. The van der Waals surface area contributed by atoms with Crippen LogP contribution in [0.4, 0.5) is 0 Å². The Morgan fingerprint density at radius 3 is 2.64 bits per heavy atom. The van der Waals surface area contributed by atoms with Gasteiger partial charge in [-0.3, -0.25) is 4.79 Å². The highest BCUT2D eigenvalue weighted by Gasteiger charge is 2.22. The summed E-state index contributed by atoms with van der Waals surface area (Å²) in [6.07, 6.45) is -0.429. The van der Waals surface area contributed by atoms with Gasteiger partial charge in [-0.15, -0.1) is 11.3 Å². The highest BCUT2D eigenvalue weighted by atomic mass is 32.1. The minimum Gasteiger partial charge on any atom is -0.369 e. The van der Waals surface area contributed by atoms with Crippen LogP contribution >= 0.6 is 11.3 Å². The summed E-state index contributed by atoms with van der Waals surface area (Å²) in [6.45, 7) is 7.37. The first-order valence-electron chi connectivity index (χ1n) is 7.45. The van der Waals surface area contributed by atoms with Gasteiger partial charge in [0.1, 0.15) is 6.10 Å². The highest BCUT2D eigenvalue weighted by Crippen LogP contribution is 2.18. The SMILES string of the molecule is CCO[C@H](C)C(=O)N(Cc1ccccc1)Cc1scnc1C. The maximum Gasteiger partial charge on any atom is 0.252 e. The zero-order chi connectivity index (χ0) is 15.9. The molecule has 5 heteroatoms. The van der Waals surface area contributed by atoms with E-state index >= 15 is 0 Å². The van der Waals surface area contributed by atoms with E-state index in [1.54, 1.807) is 11.3 Å². The van der Waals surface area contributed by atoms with Crippen LogP contribution in [0, 0.1) is 6.92 Å². The van der Waals surface area contributed by atoms with Gasteiger partial charge < -0.3 is 9.64 Å². The van der Waals surface area contributed by atoms with Gasteiger partial charge in [0.2, 0.25) is 0 Å². The average Bonchev–Trinajstić information content (AvgIpc) is 2.92. The lowest BCUT2D eigenvalue weighted by Gasteiger charge is -2.25. The molecule has 1 heterocycles. The number of hydrogen-bond acceptors (Lipinski definition) is 4. The Labute approximate surface area is 135 Å². The van der Waals surface area contributed by atoms with Crippen molar-refractivity contribution in [1.82, 2.24) is 9.88 Å². The second kappa shape index (κ2) is 8.06. The van der Waals surface area contributed by atoms with Gasteiger partial charge in [-0.25, -0.2) is 4.98 Å². The smallest absolute Gasteiger partial charge is 0.252 e. The molecule has 22 heavy (non-hydrogen) atoms. The lowest BCUT2D eigenvalue weighted by atomic mass is 10.2. The van der Waals surface area contributed by atoms with Crippen molar-refractivity contribution in [1.29, 1.82) is 0 Å². The van der Waals surface area contributed by atoms with Crippen LogP contribution in [0.15, 0.2) is 35.8 Å². The summed E-state index contributed by atoms with van der Waals surface area (Å²) in [5.41, 5.74) is 3.92. The fourth-order valence-electron chi connectivity index (χ4n) is 2.25. The van der Waals surface area contributed by atoms with E-state index in [0.29, 0.717) is 19.7 Å². The fraction of sp³-hybridized carbons (Fsp3) is 0.412. The Kier molecular flexibility index (Phi) is 6.10. The second-order valence-electron chi connectivity index (χ2n) is 5.14. The van der Waals surface area contributed by atoms with Crippen LogP contribution in [0.5, 0.6) is 0 Å². The number of carbonyl (C=O) groups is 1. The lowest BCUT2D eigenvalue weighted by Crippen LogP contribution is -2.38. The summed E-state index contributed by atoms with van der Waals surface area (Å²) < 4.78 is 5.47. The van der Waals surface area contributed by atoms with Crippen molar-refractivity contribution in [3.63, 3.8) is 0 Å². The van der Waals surface area contributed by atoms with Crippen molar-refractivity contribution in [2.75, 3.05) is 6.61 Å². The Hall–Kier alpha value is -1.72. The first-order chi connectivity index (χ1) is 10.6. The van der Waals surface area contributed by atoms with Gasteiger partial charge in [0.25, 0.3) is 5.91 Å². The molecule has 2 rings (SSSR count). The Bertz CT molecular complexity index is 598. The van der Waals surface area contributed by atoms with E-state index in [9.17, 15) is 4.79 Å². The van der Waals surface area contributed by atoms with E-state index in [1.165, 1.54) is 0 Å². The molecule has 1 amide bonds. The van der Waals surface area contributed by atoms with Gasteiger partial charge in [-0.05, 0) is 26.3 Å². The highest BCUT2D eigenvalue weighted by molar-refractivity contribution is 7.09. The zero-order valence-corrected chi connectivity index (χ0v) is 14.1. The molecule has 0 bridgehead atoms. The van der Waals surface area contributed by atoms with E-state index in [4.69, 9.17) is 4.74 Å². The standard InChI is InChI=1S/C17H22N2O2S/c1-4-21-14(3)17(20)19(10-15-8-6-5-7-9-15)11-16-13(2)18-12-22-16/h5-9,12,14H,4,10-11H2,1-3H3/t14-/m1/s1. The van der Waals surface area contributed by atoms with Gasteiger partial charge in [0.05, 0.1) is 17.7 Å². The maximum absolute atomic E-state index is 12.7. The summed E-state index contributed by atoms with van der Waals surface area (Å²) in [5, 5.41) is 0. The Balaban J connectivity index is 2.16. The summed E-state index contributed by atoms with van der Waals surface area (Å²) >= 11 is 1.59. The number of thiazole rings is 1. The van der Waals surface area contributed by atoms with Gasteiger partial charge in [-0.1, -0.05) is 30.3 Å². The zero-order valence-electron chi connectivity index (χ0n) is 13.3. The molecule has 0 N–H and O–H groups in total. The van der Waals surface area contributed by atoms with Gasteiger partial charge in [0.15, 0.2) is 0 Å². The maximum atomic E-state index is 12.7. The number of benzene rings is 1. The second-order valence-corrected chi connectivity index (χ2v) is 6.08. The fourth-order valence-corrected chi connectivity index (χ4v) is 3.04. The third kappa shape index (κ3) is 4.39. The van der Waals surface area contributed by atoms with E-state index < -0.39 is 6.10 Å². The topological polar surface area (TPSA) is 42.4 Å². The molecule has 0 spiro atoms. The molecule has 0 aliphatic carbocycles. The van der Waals surface area contributed by atoms with Crippen molar-refractivity contribution < 1.29 is 9.53 Å². The molecule has 0 saturated heterocycles. The average molecular weight is 318 g/mol. The molecule has 0 unspecified atom stereocenters. The number of hydrogen-bond donors (Lipinski definition) is 0. The summed E-state index contributed by atoms with van der Waals surface area (Å²) in [7, 11) is 0. The molecule has 0 fully saturated rings. The number of aromatic nitrogens is 1. The lowest BCUT2D eigenvalue weighted by molar-refractivity contribution is -0.143.